The van der Waals surface area contributed by atoms with Crippen LogP contribution in [0.25, 0.3) is 10.9 Å². The second-order valence-corrected chi connectivity index (χ2v) is 4.60. The summed E-state index contributed by atoms with van der Waals surface area (Å²) in [5, 5.41) is 5.48. The van der Waals surface area contributed by atoms with Gasteiger partial charge in [0.1, 0.15) is 0 Å². The summed E-state index contributed by atoms with van der Waals surface area (Å²) >= 11 is 0. The van der Waals surface area contributed by atoms with Crippen LogP contribution in [-0.2, 0) is 10.0 Å². The zero-order valence-electron chi connectivity index (χ0n) is 7.71. The van der Waals surface area contributed by atoms with Crippen LogP contribution in [0.1, 0.15) is 0 Å². The highest BCUT2D eigenvalue weighted by Crippen LogP contribution is 2.20. The predicted octanol–water partition coefficient (Wildman–Crippen LogP) is 0.464. The number of fused-ring (bicyclic) bond motifs is 1. The van der Waals surface area contributed by atoms with Crippen LogP contribution in [0.4, 0.5) is 5.69 Å². The Kier molecular flexibility index (Phi) is 2.09. The van der Waals surface area contributed by atoms with Crippen molar-refractivity contribution in [3.05, 3.63) is 30.3 Å². The smallest absolute Gasteiger partial charge is 0.257 e. The highest BCUT2D eigenvalue weighted by molar-refractivity contribution is 7.89. The fourth-order valence-electron chi connectivity index (χ4n) is 1.34. The molecule has 0 aliphatic rings. The van der Waals surface area contributed by atoms with Gasteiger partial charge in [-0.3, -0.25) is 0 Å². The lowest BCUT2D eigenvalue weighted by molar-refractivity contribution is 0.595. The molecule has 0 atom stereocenters. The van der Waals surface area contributed by atoms with Gasteiger partial charge in [-0.15, -0.1) is 0 Å². The fraction of sp³-hybridized carbons (Fsp3) is 0. The topological polar surface area (TPSA) is 99.1 Å². The van der Waals surface area contributed by atoms with Crippen molar-refractivity contribution in [1.29, 1.82) is 0 Å². The molecule has 1 heterocycles. The van der Waals surface area contributed by atoms with E-state index in [1.807, 2.05) is 6.07 Å². The summed E-state index contributed by atoms with van der Waals surface area (Å²) in [6, 6.07) is 8.62. The lowest BCUT2D eigenvalue weighted by Gasteiger charge is -2.04. The van der Waals surface area contributed by atoms with Crippen LogP contribution in [0.5, 0.6) is 0 Å². The molecule has 4 N–H and O–H groups in total. The summed E-state index contributed by atoms with van der Waals surface area (Å²) in [7, 11) is -3.86. The number of nitrogens with zero attached hydrogens (tertiary/aromatic N) is 1. The summed E-state index contributed by atoms with van der Waals surface area (Å²) in [5.41, 5.74) is 6.17. The molecular weight excluding hydrogens is 214 g/mol. The number of nitrogen functional groups attached to an aromatic ring is 1. The summed E-state index contributed by atoms with van der Waals surface area (Å²) in [5.74, 6) is 0. The van der Waals surface area contributed by atoms with Gasteiger partial charge in [-0.1, -0.05) is 18.2 Å². The Morgan fingerprint density at radius 3 is 2.53 bits per heavy atom. The summed E-state index contributed by atoms with van der Waals surface area (Å²) in [4.78, 5) is 3.91. The third-order valence-electron chi connectivity index (χ3n) is 1.99. The molecule has 0 aliphatic carbocycles. The molecule has 0 spiro atoms. The Balaban J connectivity index is 2.84. The minimum atomic E-state index is -3.86. The van der Waals surface area contributed by atoms with Crippen molar-refractivity contribution in [3.63, 3.8) is 0 Å². The second kappa shape index (κ2) is 3.18. The number of pyridine rings is 1. The van der Waals surface area contributed by atoms with Gasteiger partial charge in [0.15, 0.2) is 5.03 Å². The Labute approximate surface area is 86.8 Å². The average Bonchev–Trinajstić information content (AvgIpc) is 2.15. The molecule has 2 rings (SSSR count). The van der Waals surface area contributed by atoms with E-state index in [1.165, 1.54) is 0 Å². The Hall–Kier alpha value is -1.66. The van der Waals surface area contributed by atoms with Gasteiger partial charge < -0.3 is 5.73 Å². The van der Waals surface area contributed by atoms with Crippen molar-refractivity contribution < 1.29 is 8.42 Å². The van der Waals surface area contributed by atoms with Crippen LogP contribution in [0.3, 0.4) is 0 Å². The van der Waals surface area contributed by atoms with Gasteiger partial charge in [-0.2, -0.15) is 0 Å². The molecule has 1 aromatic heterocycles. The lowest BCUT2D eigenvalue weighted by Crippen LogP contribution is -2.16. The molecule has 5 nitrogen and oxygen atoms in total. The standard InChI is InChI=1S/C9H9N3O2S/c10-7-5-6-3-1-2-4-8(6)12-9(7)15(11,13)14/h1-5H,10H2,(H2,11,13,14). The summed E-state index contributed by atoms with van der Waals surface area (Å²) < 4.78 is 22.3. The fourth-order valence-corrected chi connectivity index (χ4v) is 1.96. The number of nitrogens with two attached hydrogens (primary N) is 2. The highest BCUT2D eigenvalue weighted by atomic mass is 32.2. The number of rotatable bonds is 1. The highest BCUT2D eigenvalue weighted by Gasteiger charge is 2.14. The maximum atomic E-state index is 11.1. The second-order valence-electron chi connectivity index (χ2n) is 3.12. The molecule has 0 bridgehead atoms. The van der Waals surface area contributed by atoms with Crippen molar-refractivity contribution in [2.75, 3.05) is 5.73 Å². The Morgan fingerprint density at radius 2 is 1.87 bits per heavy atom. The van der Waals surface area contributed by atoms with E-state index in [4.69, 9.17) is 10.9 Å². The molecule has 0 radical (unpaired) electrons. The summed E-state index contributed by atoms with van der Waals surface area (Å²) in [6.45, 7) is 0. The minimum absolute atomic E-state index is 0.0659. The van der Waals surface area contributed by atoms with E-state index in [0.717, 1.165) is 5.39 Å². The molecule has 15 heavy (non-hydrogen) atoms. The number of aromatic nitrogens is 1. The van der Waals surface area contributed by atoms with E-state index in [9.17, 15) is 8.42 Å². The number of anilines is 1. The van der Waals surface area contributed by atoms with Crippen molar-refractivity contribution >= 4 is 26.6 Å². The maximum Gasteiger partial charge on any atom is 0.257 e. The van der Waals surface area contributed by atoms with Crippen LogP contribution in [0.15, 0.2) is 35.4 Å². The third-order valence-corrected chi connectivity index (χ3v) is 2.85. The van der Waals surface area contributed by atoms with E-state index in [2.05, 4.69) is 4.98 Å². The molecule has 0 saturated carbocycles. The van der Waals surface area contributed by atoms with Gasteiger partial charge in [-0.25, -0.2) is 18.5 Å². The molecule has 6 heteroatoms. The van der Waals surface area contributed by atoms with Crippen LogP contribution in [0.2, 0.25) is 0 Å². The monoisotopic (exact) mass is 223 g/mol. The molecule has 2 aromatic rings. The van der Waals surface area contributed by atoms with Gasteiger partial charge in [-0.05, 0) is 12.1 Å². The number of hydrogen-bond acceptors (Lipinski definition) is 4. The molecule has 0 saturated heterocycles. The van der Waals surface area contributed by atoms with Crippen LogP contribution < -0.4 is 10.9 Å². The Bertz CT molecular complexity index is 622. The average molecular weight is 223 g/mol. The third kappa shape index (κ3) is 1.77. The molecular formula is C9H9N3O2S. The minimum Gasteiger partial charge on any atom is -0.396 e. The van der Waals surface area contributed by atoms with E-state index in [0.29, 0.717) is 5.52 Å². The van der Waals surface area contributed by atoms with Crippen molar-refractivity contribution in [2.45, 2.75) is 5.03 Å². The van der Waals surface area contributed by atoms with E-state index < -0.39 is 10.0 Å². The first-order chi connectivity index (χ1) is 6.98. The van der Waals surface area contributed by atoms with Crippen LogP contribution >= 0.6 is 0 Å². The molecule has 0 amide bonds. The van der Waals surface area contributed by atoms with Crippen molar-refractivity contribution in [1.82, 2.24) is 4.98 Å². The molecule has 0 aliphatic heterocycles. The Morgan fingerprint density at radius 1 is 1.20 bits per heavy atom. The SMILES string of the molecule is Nc1cc2ccccc2nc1S(N)(=O)=O. The van der Waals surface area contributed by atoms with Crippen molar-refractivity contribution in [3.8, 4) is 0 Å². The zero-order valence-corrected chi connectivity index (χ0v) is 8.53. The number of sulfonamides is 1. The van der Waals surface area contributed by atoms with Gasteiger partial charge in [0.2, 0.25) is 0 Å². The first-order valence-corrected chi connectivity index (χ1v) is 5.71. The quantitative estimate of drug-likeness (QED) is 0.733. The zero-order chi connectivity index (χ0) is 11.1. The lowest BCUT2D eigenvalue weighted by atomic mass is 10.2. The van der Waals surface area contributed by atoms with Gasteiger partial charge in [0.25, 0.3) is 10.0 Å². The van der Waals surface area contributed by atoms with Crippen LogP contribution in [0, 0.1) is 0 Å². The van der Waals surface area contributed by atoms with E-state index in [-0.39, 0.29) is 10.7 Å². The number of para-hydroxylation sites is 1. The van der Waals surface area contributed by atoms with E-state index in [1.54, 1.807) is 24.3 Å². The number of hydrogen-bond donors (Lipinski definition) is 2. The molecule has 0 unspecified atom stereocenters. The first-order valence-electron chi connectivity index (χ1n) is 4.16. The number of benzene rings is 1. The van der Waals surface area contributed by atoms with E-state index >= 15 is 0 Å². The molecule has 0 fully saturated rings. The normalized spacial score (nSPS) is 11.8. The predicted molar refractivity (Wildman–Crippen MR) is 57.5 cm³/mol. The van der Waals surface area contributed by atoms with Crippen LogP contribution in [-0.4, -0.2) is 13.4 Å². The number of primary sulfonamides is 1. The van der Waals surface area contributed by atoms with Gasteiger partial charge in [0.05, 0.1) is 11.2 Å². The van der Waals surface area contributed by atoms with Gasteiger partial charge >= 0.3 is 0 Å². The van der Waals surface area contributed by atoms with Gasteiger partial charge in [0, 0.05) is 5.39 Å². The first kappa shape index (κ1) is 9.88. The molecule has 1 aromatic carbocycles. The summed E-state index contributed by atoms with van der Waals surface area (Å²) in [6.07, 6.45) is 0. The van der Waals surface area contributed by atoms with Crippen molar-refractivity contribution in [2.24, 2.45) is 5.14 Å². The maximum absolute atomic E-state index is 11.1. The largest absolute Gasteiger partial charge is 0.396 e. The molecule has 78 valence electrons.